The van der Waals surface area contributed by atoms with Crippen molar-refractivity contribution < 1.29 is 9.59 Å². The van der Waals surface area contributed by atoms with Gasteiger partial charge in [-0.05, 0) is 94.7 Å². The molecule has 6 heteroatoms. The van der Waals surface area contributed by atoms with E-state index in [1.165, 1.54) is 24.1 Å². The van der Waals surface area contributed by atoms with Gasteiger partial charge in [0.25, 0.3) is 0 Å². The Morgan fingerprint density at radius 1 is 1.20 bits per heavy atom. The Bertz CT molecular complexity index is 755. The van der Waals surface area contributed by atoms with Crippen LogP contribution in [-0.2, 0) is 9.59 Å². The fourth-order valence-electron chi connectivity index (χ4n) is 7.29. The maximum atomic E-state index is 13.8. The minimum atomic E-state index is -0.281. The molecule has 4 bridgehead atoms. The van der Waals surface area contributed by atoms with E-state index in [1.54, 1.807) is 11.3 Å². The molecular weight excluding hydrogens is 394 g/mol. The highest BCUT2D eigenvalue weighted by atomic mass is 32.1. The van der Waals surface area contributed by atoms with Crippen molar-refractivity contribution in [2.75, 3.05) is 27.2 Å². The lowest BCUT2D eigenvalue weighted by Crippen LogP contribution is -2.57. The Morgan fingerprint density at radius 2 is 1.87 bits per heavy atom. The predicted octanol–water partition coefficient (Wildman–Crippen LogP) is 3.67. The Kier molecular flexibility index (Phi) is 5.42. The van der Waals surface area contributed by atoms with E-state index in [0.717, 1.165) is 56.4 Å². The van der Waals surface area contributed by atoms with Gasteiger partial charge in [0.05, 0.1) is 11.5 Å². The summed E-state index contributed by atoms with van der Waals surface area (Å²) in [4.78, 5) is 32.3. The van der Waals surface area contributed by atoms with Gasteiger partial charge in [0.2, 0.25) is 11.8 Å². The summed E-state index contributed by atoms with van der Waals surface area (Å²) in [5.41, 5.74) is -0.152. The van der Waals surface area contributed by atoms with Gasteiger partial charge in [-0.15, -0.1) is 11.3 Å². The Hall–Kier alpha value is -1.40. The second kappa shape index (κ2) is 7.94. The normalized spacial score (nSPS) is 35.8. The molecule has 5 nitrogen and oxygen atoms in total. The molecule has 0 radical (unpaired) electrons. The fourth-order valence-corrected chi connectivity index (χ4v) is 8.22. The fraction of sp³-hybridized carbons (Fsp3) is 0.750. The third kappa shape index (κ3) is 3.60. The topological polar surface area (TPSA) is 52.7 Å². The van der Waals surface area contributed by atoms with Gasteiger partial charge in [0.15, 0.2) is 0 Å². The van der Waals surface area contributed by atoms with E-state index in [0.29, 0.717) is 12.5 Å². The van der Waals surface area contributed by atoms with Gasteiger partial charge in [-0.1, -0.05) is 6.07 Å². The summed E-state index contributed by atoms with van der Waals surface area (Å²) >= 11 is 1.72. The van der Waals surface area contributed by atoms with Crippen LogP contribution in [0.4, 0.5) is 0 Å². The van der Waals surface area contributed by atoms with Gasteiger partial charge in [0, 0.05) is 18.0 Å². The molecule has 164 valence electrons. The molecule has 0 aromatic carbocycles. The summed E-state index contributed by atoms with van der Waals surface area (Å²) in [5.74, 6) is 2.60. The molecule has 2 amide bonds. The summed E-state index contributed by atoms with van der Waals surface area (Å²) in [6.45, 7) is 1.34. The van der Waals surface area contributed by atoms with Crippen molar-refractivity contribution in [3.05, 3.63) is 22.4 Å². The molecule has 1 aliphatic heterocycles. The number of likely N-dealkylation sites (tertiary alicyclic amines) is 1. The zero-order valence-electron chi connectivity index (χ0n) is 18.3. The summed E-state index contributed by atoms with van der Waals surface area (Å²) in [7, 11) is 4.10. The molecule has 30 heavy (non-hydrogen) atoms. The van der Waals surface area contributed by atoms with E-state index in [4.69, 9.17) is 0 Å². The number of nitrogens with one attached hydrogen (secondary N) is 1. The van der Waals surface area contributed by atoms with Crippen molar-refractivity contribution in [1.29, 1.82) is 0 Å². The number of rotatable bonds is 6. The number of carbonyl (C=O) groups is 2. The van der Waals surface area contributed by atoms with Crippen LogP contribution in [0.25, 0.3) is 0 Å². The predicted molar refractivity (Wildman–Crippen MR) is 119 cm³/mol. The van der Waals surface area contributed by atoms with Crippen LogP contribution in [-0.4, -0.2) is 54.8 Å². The summed E-state index contributed by atoms with van der Waals surface area (Å²) in [5, 5.41) is 5.26. The van der Waals surface area contributed by atoms with Crippen molar-refractivity contribution in [2.45, 2.75) is 63.5 Å². The monoisotopic (exact) mass is 429 g/mol. The van der Waals surface area contributed by atoms with Gasteiger partial charge < -0.3 is 15.1 Å². The third-order valence-corrected chi connectivity index (χ3v) is 9.25. The smallest absolute Gasteiger partial charge is 0.242 e. The van der Waals surface area contributed by atoms with Crippen molar-refractivity contribution >= 4 is 23.2 Å². The minimum Gasteiger partial charge on any atom is -0.352 e. The van der Waals surface area contributed by atoms with Crippen LogP contribution >= 0.6 is 11.3 Å². The first-order valence-corrected chi connectivity index (χ1v) is 12.6. The molecule has 5 aliphatic rings. The number of amides is 2. The number of nitrogens with zero attached hydrogens (tertiary/aromatic N) is 2. The first-order chi connectivity index (χ1) is 14.4. The average Bonchev–Trinajstić information content (AvgIpc) is 3.38. The van der Waals surface area contributed by atoms with Crippen molar-refractivity contribution in [1.82, 2.24) is 15.1 Å². The molecule has 1 saturated heterocycles. The molecular formula is C24H35N3O2S. The van der Waals surface area contributed by atoms with E-state index >= 15 is 0 Å². The van der Waals surface area contributed by atoms with Gasteiger partial charge in [-0.25, -0.2) is 0 Å². The Labute approximate surface area is 184 Å². The molecule has 4 aliphatic carbocycles. The van der Waals surface area contributed by atoms with Crippen LogP contribution in [0.3, 0.4) is 0 Å². The molecule has 1 aromatic rings. The van der Waals surface area contributed by atoms with Gasteiger partial charge in [-0.3, -0.25) is 9.59 Å². The van der Waals surface area contributed by atoms with Crippen LogP contribution in [0.15, 0.2) is 17.5 Å². The molecule has 4 saturated carbocycles. The quantitative estimate of drug-likeness (QED) is 0.751. The number of hydrogen-bond acceptors (Lipinski definition) is 4. The lowest BCUT2D eigenvalue weighted by atomic mass is 9.49. The van der Waals surface area contributed by atoms with Gasteiger partial charge in [-0.2, -0.15) is 0 Å². The van der Waals surface area contributed by atoms with Gasteiger partial charge in [0.1, 0.15) is 6.04 Å². The second-order valence-corrected chi connectivity index (χ2v) is 11.6. The zero-order valence-corrected chi connectivity index (χ0v) is 19.1. The van der Waals surface area contributed by atoms with Crippen LogP contribution in [0.2, 0.25) is 0 Å². The first kappa shape index (κ1) is 20.5. The molecule has 2 heterocycles. The highest BCUT2D eigenvalue weighted by Crippen LogP contribution is 2.60. The van der Waals surface area contributed by atoms with Crippen molar-refractivity contribution in [3.8, 4) is 0 Å². The first-order valence-electron chi connectivity index (χ1n) is 11.7. The molecule has 5 fully saturated rings. The standard InChI is InChI=1S/C24H35N3O2S/c1-26(2)20(21-6-4-8-30-21)15-25-22(28)19-5-3-7-27(19)23(29)24-12-16-9-17(13-24)11-18(10-16)14-24/h4,6,8,16-20H,3,5,7,9-15H2,1-2H3,(H,25,28). The zero-order chi connectivity index (χ0) is 20.9. The van der Waals surface area contributed by atoms with E-state index in [9.17, 15) is 9.59 Å². The van der Waals surface area contributed by atoms with Crippen molar-refractivity contribution in [2.24, 2.45) is 23.2 Å². The van der Waals surface area contributed by atoms with E-state index < -0.39 is 0 Å². The summed E-state index contributed by atoms with van der Waals surface area (Å²) in [6, 6.07) is 4.07. The van der Waals surface area contributed by atoms with Crippen LogP contribution < -0.4 is 5.32 Å². The molecule has 1 aromatic heterocycles. The minimum absolute atomic E-state index is 0.0361. The number of carbonyl (C=O) groups excluding carboxylic acids is 2. The maximum absolute atomic E-state index is 13.8. The summed E-state index contributed by atoms with van der Waals surface area (Å²) in [6.07, 6.45) is 8.98. The van der Waals surface area contributed by atoms with Gasteiger partial charge >= 0.3 is 0 Å². The van der Waals surface area contributed by atoms with E-state index in [2.05, 4.69) is 41.8 Å². The molecule has 1 N–H and O–H groups in total. The van der Waals surface area contributed by atoms with Crippen LogP contribution in [0, 0.1) is 23.2 Å². The van der Waals surface area contributed by atoms with Crippen LogP contribution in [0.1, 0.15) is 62.3 Å². The van der Waals surface area contributed by atoms with E-state index in [-0.39, 0.29) is 23.4 Å². The largest absolute Gasteiger partial charge is 0.352 e. The highest BCUT2D eigenvalue weighted by Gasteiger charge is 2.56. The third-order valence-electron chi connectivity index (χ3n) is 8.27. The Balaban J connectivity index is 1.26. The summed E-state index contributed by atoms with van der Waals surface area (Å²) < 4.78 is 0. The average molecular weight is 430 g/mol. The van der Waals surface area contributed by atoms with E-state index in [1.807, 2.05) is 4.90 Å². The molecule has 0 spiro atoms. The second-order valence-electron chi connectivity index (χ2n) is 10.6. The lowest BCUT2D eigenvalue weighted by molar-refractivity contribution is -0.160. The van der Waals surface area contributed by atoms with Crippen molar-refractivity contribution in [3.63, 3.8) is 0 Å². The Morgan fingerprint density at radius 3 is 2.43 bits per heavy atom. The molecule has 2 atom stereocenters. The van der Waals surface area contributed by atoms with Crippen LogP contribution in [0.5, 0.6) is 0 Å². The number of thiophene rings is 1. The lowest BCUT2D eigenvalue weighted by Gasteiger charge is -2.56. The SMILES string of the molecule is CN(C)C(CNC(=O)C1CCCN1C(=O)C12CC3CC(CC(C3)C1)C2)c1cccs1. The number of likely N-dealkylation sites (N-methyl/N-ethyl adjacent to an activating group) is 1. The molecule has 2 unspecified atom stereocenters. The molecule has 6 rings (SSSR count). The maximum Gasteiger partial charge on any atom is 0.242 e. The number of hydrogen-bond donors (Lipinski definition) is 1. The highest BCUT2D eigenvalue weighted by molar-refractivity contribution is 7.10.